The minimum absolute atomic E-state index is 0.558. The SMILES string of the molecule is CCn1nc(C)c(Cl)c1CSCC(C)CN. The second kappa shape index (κ2) is 6.52. The molecule has 0 bridgehead atoms. The molecule has 0 amide bonds. The maximum atomic E-state index is 6.22. The summed E-state index contributed by atoms with van der Waals surface area (Å²) in [7, 11) is 0. The maximum Gasteiger partial charge on any atom is 0.0855 e. The molecule has 1 rings (SSSR count). The number of thioether (sulfide) groups is 1. The van der Waals surface area contributed by atoms with E-state index in [0.717, 1.165) is 41.0 Å². The van der Waals surface area contributed by atoms with Crippen LogP contribution >= 0.6 is 23.4 Å². The van der Waals surface area contributed by atoms with Gasteiger partial charge >= 0.3 is 0 Å². The van der Waals surface area contributed by atoms with Crippen LogP contribution in [0.1, 0.15) is 25.2 Å². The largest absolute Gasteiger partial charge is 0.330 e. The summed E-state index contributed by atoms with van der Waals surface area (Å²) in [6.45, 7) is 7.81. The Kier molecular flexibility index (Phi) is 5.66. The summed E-state index contributed by atoms with van der Waals surface area (Å²) >= 11 is 8.09. The van der Waals surface area contributed by atoms with Gasteiger partial charge in [-0.05, 0) is 32.1 Å². The van der Waals surface area contributed by atoms with Crippen molar-refractivity contribution in [2.75, 3.05) is 12.3 Å². The summed E-state index contributed by atoms with van der Waals surface area (Å²) in [6, 6.07) is 0. The normalized spacial score (nSPS) is 13.1. The van der Waals surface area contributed by atoms with Crippen LogP contribution in [-0.2, 0) is 12.3 Å². The van der Waals surface area contributed by atoms with Crippen molar-refractivity contribution in [2.24, 2.45) is 11.7 Å². The number of hydrogen-bond acceptors (Lipinski definition) is 3. The van der Waals surface area contributed by atoms with E-state index in [4.69, 9.17) is 17.3 Å². The van der Waals surface area contributed by atoms with Crippen LogP contribution < -0.4 is 5.73 Å². The van der Waals surface area contributed by atoms with Gasteiger partial charge in [0, 0.05) is 12.3 Å². The Hall–Kier alpha value is -0.190. The van der Waals surface area contributed by atoms with Gasteiger partial charge in [-0.2, -0.15) is 16.9 Å². The standard InChI is InChI=1S/C11H20ClN3S/c1-4-15-10(11(12)9(3)14-15)7-16-6-8(2)5-13/h8H,4-7,13H2,1-3H3. The highest BCUT2D eigenvalue weighted by molar-refractivity contribution is 7.98. The van der Waals surface area contributed by atoms with Crippen molar-refractivity contribution >= 4 is 23.4 Å². The third-order valence-electron chi connectivity index (χ3n) is 2.50. The zero-order chi connectivity index (χ0) is 12.1. The van der Waals surface area contributed by atoms with Gasteiger partial charge in [0.05, 0.1) is 16.4 Å². The minimum Gasteiger partial charge on any atom is -0.330 e. The predicted octanol–water partition coefficient (Wildman–Crippen LogP) is 2.69. The van der Waals surface area contributed by atoms with E-state index < -0.39 is 0 Å². The average molecular weight is 262 g/mol. The van der Waals surface area contributed by atoms with Crippen molar-refractivity contribution in [1.82, 2.24) is 9.78 Å². The smallest absolute Gasteiger partial charge is 0.0855 e. The number of halogens is 1. The van der Waals surface area contributed by atoms with Crippen molar-refractivity contribution in [3.8, 4) is 0 Å². The van der Waals surface area contributed by atoms with Crippen LogP contribution in [-0.4, -0.2) is 22.1 Å². The molecule has 0 spiro atoms. The summed E-state index contributed by atoms with van der Waals surface area (Å²) < 4.78 is 1.98. The molecule has 16 heavy (non-hydrogen) atoms. The highest BCUT2D eigenvalue weighted by atomic mass is 35.5. The fraction of sp³-hybridized carbons (Fsp3) is 0.727. The van der Waals surface area contributed by atoms with Crippen LogP contribution in [0.25, 0.3) is 0 Å². The third-order valence-corrected chi connectivity index (χ3v) is 4.27. The van der Waals surface area contributed by atoms with E-state index in [2.05, 4.69) is 18.9 Å². The Morgan fingerprint density at radius 2 is 2.25 bits per heavy atom. The van der Waals surface area contributed by atoms with Crippen molar-refractivity contribution in [2.45, 2.75) is 33.1 Å². The Morgan fingerprint density at radius 1 is 1.56 bits per heavy atom. The first-order chi connectivity index (χ1) is 7.60. The van der Waals surface area contributed by atoms with Crippen LogP contribution in [0.5, 0.6) is 0 Å². The first-order valence-electron chi connectivity index (χ1n) is 5.59. The lowest BCUT2D eigenvalue weighted by Crippen LogP contribution is -2.13. The van der Waals surface area contributed by atoms with Gasteiger partial charge in [-0.1, -0.05) is 18.5 Å². The van der Waals surface area contributed by atoms with Gasteiger partial charge in [-0.3, -0.25) is 4.68 Å². The van der Waals surface area contributed by atoms with Crippen LogP contribution in [0.4, 0.5) is 0 Å². The van der Waals surface area contributed by atoms with Gasteiger partial charge in [0.25, 0.3) is 0 Å². The first-order valence-corrected chi connectivity index (χ1v) is 7.13. The number of aryl methyl sites for hydroxylation is 2. The Morgan fingerprint density at radius 3 is 2.81 bits per heavy atom. The molecule has 0 aliphatic rings. The number of hydrogen-bond donors (Lipinski definition) is 1. The first kappa shape index (κ1) is 13.9. The Bertz CT molecular complexity index is 338. The summed E-state index contributed by atoms with van der Waals surface area (Å²) in [5, 5.41) is 5.21. The molecule has 3 nitrogen and oxygen atoms in total. The zero-order valence-electron chi connectivity index (χ0n) is 10.2. The Labute approximate surface area is 107 Å². The van der Waals surface area contributed by atoms with E-state index in [-0.39, 0.29) is 0 Å². The van der Waals surface area contributed by atoms with Gasteiger partial charge in [-0.15, -0.1) is 0 Å². The van der Waals surface area contributed by atoms with Gasteiger partial charge in [0.15, 0.2) is 0 Å². The quantitative estimate of drug-likeness (QED) is 0.856. The second-order valence-corrected chi connectivity index (χ2v) is 5.43. The molecule has 0 aromatic carbocycles. The molecular weight excluding hydrogens is 242 g/mol. The molecule has 0 aliphatic heterocycles. The highest BCUT2D eigenvalue weighted by Gasteiger charge is 2.12. The molecule has 1 unspecified atom stereocenters. The fourth-order valence-electron chi connectivity index (χ4n) is 1.43. The van der Waals surface area contributed by atoms with Crippen molar-refractivity contribution < 1.29 is 0 Å². The zero-order valence-corrected chi connectivity index (χ0v) is 11.7. The van der Waals surface area contributed by atoms with Crippen molar-refractivity contribution in [1.29, 1.82) is 0 Å². The fourth-order valence-corrected chi connectivity index (χ4v) is 2.86. The third kappa shape index (κ3) is 3.40. The summed E-state index contributed by atoms with van der Waals surface area (Å²) in [4.78, 5) is 0. The lowest BCUT2D eigenvalue weighted by atomic mass is 10.2. The summed E-state index contributed by atoms with van der Waals surface area (Å²) in [5.74, 6) is 2.54. The molecule has 92 valence electrons. The molecule has 0 fully saturated rings. The second-order valence-electron chi connectivity index (χ2n) is 4.02. The van der Waals surface area contributed by atoms with E-state index in [1.807, 2.05) is 23.4 Å². The average Bonchev–Trinajstić information content (AvgIpc) is 2.56. The lowest BCUT2D eigenvalue weighted by Gasteiger charge is -2.09. The number of nitrogens with two attached hydrogens (primary N) is 1. The predicted molar refractivity (Wildman–Crippen MR) is 72.0 cm³/mol. The maximum absolute atomic E-state index is 6.22. The molecule has 5 heteroatoms. The van der Waals surface area contributed by atoms with E-state index in [9.17, 15) is 0 Å². The molecule has 1 aromatic rings. The number of nitrogens with zero attached hydrogens (tertiary/aromatic N) is 2. The van der Waals surface area contributed by atoms with Crippen molar-refractivity contribution in [3.05, 3.63) is 16.4 Å². The molecule has 1 aromatic heterocycles. The molecule has 1 atom stereocenters. The van der Waals surface area contributed by atoms with E-state index in [1.165, 1.54) is 0 Å². The monoisotopic (exact) mass is 261 g/mol. The van der Waals surface area contributed by atoms with Gasteiger partial charge in [0.2, 0.25) is 0 Å². The van der Waals surface area contributed by atoms with Crippen LogP contribution in [0.2, 0.25) is 5.02 Å². The van der Waals surface area contributed by atoms with Crippen LogP contribution in [0.3, 0.4) is 0 Å². The molecule has 0 radical (unpaired) electrons. The molecule has 0 saturated carbocycles. The molecule has 0 saturated heterocycles. The van der Waals surface area contributed by atoms with Crippen molar-refractivity contribution in [3.63, 3.8) is 0 Å². The van der Waals surface area contributed by atoms with Gasteiger partial charge in [-0.25, -0.2) is 0 Å². The lowest BCUT2D eigenvalue weighted by molar-refractivity contribution is 0.631. The van der Waals surface area contributed by atoms with Crippen LogP contribution in [0, 0.1) is 12.8 Å². The van der Waals surface area contributed by atoms with Crippen LogP contribution in [0.15, 0.2) is 0 Å². The van der Waals surface area contributed by atoms with Gasteiger partial charge < -0.3 is 5.73 Å². The number of aromatic nitrogens is 2. The topological polar surface area (TPSA) is 43.8 Å². The molecule has 2 N–H and O–H groups in total. The Balaban J connectivity index is 2.59. The molecule has 0 aliphatic carbocycles. The molecular formula is C11H20ClN3S. The summed E-state index contributed by atoms with van der Waals surface area (Å²) in [6.07, 6.45) is 0. The highest BCUT2D eigenvalue weighted by Crippen LogP contribution is 2.25. The summed E-state index contributed by atoms with van der Waals surface area (Å²) in [5.41, 5.74) is 7.64. The van der Waals surface area contributed by atoms with E-state index in [0.29, 0.717) is 5.92 Å². The van der Waals surface area contributed by atoms with E-state index >= 15 is 0 Å². The van der Waals surface area contributed by atoms with E-state index in [1.54, 1.807) is 0 Å². The number of rotatable bonds is 6. The molecule has 1 heterocycles. The van der Waals surface area contributed by atoms with Gasteiger partial charge in [0.1, 0.15) is 0 Å². The minimum atomic E-state index is 0.558.